The molecule has 0 aliphatic heterocycles. The first kappa shape index (κ1) is 25.3. The Kier molecular flexibility index (Phi) is 6.36. The monoisotopic (exact) mass is 503 g/mol. The zero-order valence-corrected chi connectivity index (χ0v) is 22.0. The van der Waals surface area contributed by atoms with Gasteiger partial charge in [0.1, 0.15) is 18.4 Å². The van der Waals surface area contributed by atoms with Crippen molar-refractivity contribution in [3.63, 3.8) is 0 Å². The number of nitrogens with zero attached hydrogens (tertiary/aromatic N) is 3. The highest BCUT2D eigenvalue weighted by molar-refractivity contribution is 7.70. The van der Waals surface area contributed by atoms with Crippen LogP contribution in [0.2, 0.25) is 0 Å². The maximum absolute atomic E-state index is 13.9. The van der Waals surface area contributed by atoms with Crippen LogP contribution in [0.3, 0.4) is 0 Å². The highest BCUT2D eigenvalue weighted by Crippen LogP contribution is 2.45. The number of rotatable bonds is 6. The van der Waals surface area contributed by atoms with E-state index in [2.05, 4.69) is 11.1 Å². The Bertz CT molecular complexity index is 1600. The fraction of sp³-hybridized carbons (Fsp3) is 0.250. The maximum Gasteiger partial charge on any atom is 0.127 e. The lowest BCUT2D eigenvalue weighted by atomic mass is 9.82. The van der Waals surface area contributed by atoms with Crippen LogP contribution in [0.15, 0.2) is 48.7 Å². The van der Waals surface area contributed by atoms with Gasteiger partial charge in [0, 0.05) is 64.8 Å². The number of anilines is 1. The van der Waals surface area contributed by atoms with Crippen LogP contribution in [0.25, 0.3) is 27.7 Å². The van der Waals surface area contributed by atoms with Crippen LogP contribution in [-0.4, -0.2) is 29.1 Å². The predicted molar refractivity (Wildman–Crippen MR) is 148 cm³/mol. The number of nitrogens with two attached hydrogens (primary N) is 1. The highest BCUT2D eigenvalue weighted by Gasteiger charge is 2.33. The van der Waals surface area contributed by atoms with Gasteiger partial charge in [-0.25, -0.2) is 4.39 Å². The summed E-state index contributed by atoms with van der Waals surface area (Å²) >= 11 is 0. The zero-order valence-electron chi connectivity index (χ0n) is 21.1. The number of aryl methyl sites for hydroxylation is 1. The van der Waals surface area contributed by atoms with Gasteiger partial charge in [0.2, 0.25) is 0 Å². The van der Waals surface area contributed by atoms with Crippen LogP contribution in [-0.2, 0) is 9.98 Å². The molecule has 186 valence electrons. The molecule has 0 atom stereocenters. The number of nitrogens with one attached hydrogen (secondary N) is 1. The Hall–Kier alpha value is -3.75. The molecule has 0 saturated heterocycles. The average molecular weight is 504 g/mol. The average Bonchev–Trinajstić information content (AvgIpc) is 3.12. The molecular formula is C28H31FN5OP. The molecule has 0 unspecified atom stereocenters. The number of halogens is 1. The minimum Gasteiger partial charge on any atom is -0.398 e. The topological polar surface area (TPSA) is 109 Å². The van der Waals surface area contributed by atoms with Gasteiger partial charge in [-0.1, -0.05) is 13.8 Å². The van der Waals surface area contributed by atoms with Crippen molar-refractivity contribution in [2.45, 2.75) is 32.6 Å². The zero-order chi connectivity index (χ0) is 26.4. The molecule has 0 amide bonds. The number of pyridine rings is 1. The van der Waals surface area contributed by atoms with Gasteiger partial charge in [-0.15, -0.1) is 0 Å². The van der Waals surface area contributed by atoms with E-state index in [0.717, 1.165) is 39.0 Å². The predicted octanol–water partition coefficient (Wildman–Crippen LogP) is 6.41. The quantitative estimate of drug-likeness (QED) is 0.180. The maximum atomic E-state index is 13.9. The number of aromatic nitrogens is 2. The van der Waals surface area contributed by atoms with E-state index in [1.54, 1.807) is 31.7 Å². The standard InChI is InChI=1S/C28H29FN5OP.H2/c1-17-12-19(16-33-27(17)36(4,5)35)25-22-14-23(32)18(15-31)13-24(22)34(21-8-6-20(29)7-9-21)26(25)28(2,3)10-11-30;/h6-9,12-16,31H,10,32H2,1-5H3;1H. The molecule has 4 aromatic rings. The van der Waals surface area contributed by atoms with Gasteiger partial charge in [0.25, 0.3) is 0 Å². The first-order valence-corrected chi connectivity index (χ1v) is 14.1. The smallest absolute Gasteiger partial charge is 0.127 e. The molecule has 2 aromatic carbocycles. The van der Waals surface area contributed by atoms with E-state index < -0.39 is 12.6 Å². The molecule has 6 nitrogen and oxygen atoms in total. The van der Waals surface area contributed by atoms with E-state index >= 15 is 0 Å². The van der Waals surface area contributed by atoms with Crippen molar-refractivity contribution in [2.75, 3.05) is 19.1 Å². The Morgan fingerprint density at radius 1 is 1.25 bits per heavy atom. The molecule has 3 N–H and O–H groups in total. The number of hydrogen-bond donors (Lipinski definition) is 2. The number of nitriles is 1. The van der Waals surface area contributed by atoms with Crippen molar-refractivity contribution in [3.05, 3.63) is 71.3 Å². The lowest BCUT2D eigenvalue weighted by Crippen LogP contribution is -2.22. The summed E-state index contributed by atoms with van der Waals surface area (Å²) in [7, 11) is -2.58. The van der Waals surface area contributed by atoms with E-state index in [4.69, 9.17) is 11.1 Å². The lowest BCUT2D eigenvalue weighted by molar-refractivity contribution is 0.516. The fourth-order valence-electron chi connectivity index (χ4n) is 4.83. The summed E-state index contributed by atoms with van der Waals surface area (Å²) in [6.45, 7) is 9.28. The van der Waals surface area contributed by atoms with Crippen LogP contribution >= 0.6 is 7.14 Å². The second-order valence-electron chi connectivity index (χ2n) is 10.1. The first-order valence-electron chi connectivity index (χ1n) is 11.5. The SMILES string of the molecule is Cc1cc(-c2c(C(C)(C)CC#N)n(-c3ccc(F)cc3)c3cc(C=N)c(N)cc23)cnc1P(C)(C)=O.[HH]. The number of fused-ring (bicyclic) bond motifs is 1. The van der Waals surface area contributed by atoms with Crippen molar-refractivity contribution >= 4 is 35.4 Å². The molecule has 0 aliphatic carbocycles. The summed E-state index contributed by atoms with van der Waals surface area (Å²) in [6, 6.07) is 14.2. The van der Waals surface area contributed by atoms with Crippen LogP contribution in [0, 0.1) is 29.5 Å². The van der Waals surface area contributed by atoms with Gasteiger partial charge in [-0.3, -0.25) is 4.98 Å². The Balaban J connectivity index is 0.00000380. The summed E-state index contributed by atoms with van der Waals surface area (Å²) in [6.07, 6.45) is 3.16. The Morgan fingerprint density at radius 3 is 2.47 bits per heavy atom. The molecule has 2 aromatic heterocycles. The largest absolute Gasteiger partial charge is 0.398 e. The summed E-state index contributed by atoms with van der Waals surface area (Å²) in [5, 5.41) is 18.4. The lowest BCUT2D eigenvalue weighted by Gasteiger charge is -2.27. The van der Waals surface area contributed by atoms with Gasteiger partial charge >= 0.3 is 0 Å². The van der Waals surface area contributed by atoms with Crippen molar-refractivity contribution < 1.29 is 10.4 Å². The van der Waals surface area contributed by atoms with E-state index in [1.165, 1.54) is 18.3 Å². The van der Waals surface area contributed by atoms with E-state index in [1.807, 2.05) is 43.5 Å². The second kappa shape index (κ2) is 9.04. The summed E-state index contributed by atoms with van der Waals surface area (Å²) in [4.78, 5) is 4.60. The van der Waals surface area contributed by atoms with Crippen molar-refractivity contribution in [1.29, 1.82) is 10.7 Å². The molecule has 0 bridgehead atoms. The molecule has 0 spiro atoms. The molecule has 0 radical (unpaired) electrons. The summed E-state index contributed by atoms with van der Waals surface area (Å²) < 4.78 is 28.6. The van der Waals surface area contributed by atoms with E-state index in [9.17, 15) is 14.2 Å². The normalized spacial score (nSPS) is 12.0. The molecule has 36 heavy (non-hydrogen) atoms. The van der Waals surface area contributed by atoms with Crippen LogP contribution in [0.5, 0.6) is 0 Å². The Morgan fingerprint density at radius 2 is 1.92 bits per heavy atom. The third-order valence-electron chi connectivity index (χ3n) is 6.42. The van der Waals surface area contributed by atoms with Gasteiger partial charge in [-0.2, -0.15) is 5.26 Å². The minimum absolute atomic E-state index is 0. The van der Waals surface area contributed by atoms with Crippen LogP contribution in [0.1, 0.15) is 38.5 Å². The molecule has 4 rings (SSSR count). The summed E-state index contributed by atoms with van der Waals surface area (Å²) in [5.74, 6) is -0.350. The number of nitrogen functional groups attached to an aromatic ring is 1. The van der Waals surface area contributed by atoms with E-state index in [-0.39, 0.29) is 13.7 Å². The van der Waals surface area contributed by atoms with Gasteiger partial charge in [0.15, 0.2) is 0 Å². The number of hydrogen-bond acceptors (Lipinski definition) is 5. The van der Waals surface area contributed by atoms with Crippen molar-refractivity contribution in [1.82, 2.24) is 9.55 Å². The molecule has 8 heteroatoms. The van der Waals surface area contributed by atoms with Gasteiger partial charge < -0.3 is 20.3 Å². The third-order valence-corrected chi connectivity index (χ3v) is 7.91. The summed E-state index contributed by atoms with van der Waals surface area (Å²) in [5.41, 5.74) is 12.1. The van der Waals surface area contributed by atoms with Gasteiger partial charge in [-0.05, 0) is 68.3 Å². The minimum atomic E-state index is -2.58. The fourth-order valence-corrected chi connectivity index (χ4v) is 6.08. The molecule has 0 fully saturated rings. The molecule has 0 aliphatic rings. The van der Waals surface area contributed by atoms with Crippen LogP contribution < -0.4 is 11.2 Å². The van der Waals surface area contributed by atoms with Gasteiger partial charge in [0.05, 0.1) is 11.6 Å². The molecule has 2 heterocycles. The Labute approximate surface area is 212 Å². The highest BCUT2D eigenvalue weighted by atomic mass is 31.2. The number of benzene rings is 2. The first-order chi connectivity index (χ1) is 16.9. The van der Waals surface area contributed by atoms with Crippen molar-refractivity contribution in [3.8, 4) is 22.9 Å². The molecular weight excluding hydrogens is 472 g/mol. The third kappa shape index (κ3) is 4.34. The molecule has 0 saturated carbocycles. The van der Waals surface area contributed by atoms with Crippen molar-refractivity contribution in [2.24, 2.45) is 0 Å². The second-order valence-corrected chi connectivity index (χ2v) is 13.2. The van der Waals surface area contributed by atoms with E-state index in [0.29, 0.717) is 16.7 Å². The van der Waals surface area contributed by atoms with Crippen LogP contribution in [0.4, 0.5) is 10.1 Å².